The van der Waals surface area contributed by atoms with Crippen molar-refractivity contribution in [3.05, 3.63) is 12.2 Å². The van der Waals surface area contributed by atoms with Gasteiger partial charge >= 0.3 is 0 Å². The fourth-order valence-electron chi connectivity index (χ4n) is 2.73. The number of hydrogen-bond acceptors (Lipinski definition) is 12. The van der Waals surface area contributed by atoms with Crippen LogP contribution in [-0.4, -0.2) is 140 Å². The van der Waals surface area contributed by atoms with E-state index in [4.69, 9.17) is 18.9 Å². The number of carbonyl (C=O) groups excluding carboxylic acids is 8. The highest BCUT2D eigenvalue weighted by Gasteiger charge is 2.09. The molecule has 0 spiro atoms. The van der Waals surface area contributed by atoms with E-state index in [9.17, 15) is 38.4 Å². The third kappa shape index (κ3) is 27.9. The van der Waals surface area contributed by atoms with Crippen LogP contribution in [-0.2, 0) is 57.3 Å². The molecule has 0 aliphatic heterocycles. The molecule has 0 rings (SSSR count). The van der Waals surface area contributed by atoms with Crippen LogP contribution in [0.25, 0.3) is 0 Å². The van der Waals surface area contributed by atoms with E-state index < -0.39 is 29.5 Å². The number of nitrogens with one attached hydrogen (secondary N) is 6. The number of ether oxygens (including phenoxy) is 4. The average Bonchev–Trinajstić information content (AvgIpc) is 3.01. The van der Waals surface area contributed by atoms with Crippen molar-refractivity contribution < 1.29 is 57.3 Å². The molecule has 0 unspecified atom stereocenters. The highest BCUT2D eigenvalue weighted by atomic mass is 16.6. The summed E-state index contributed by atoms with van der Waals surface area (Å²) in [5.74, 6) is -2.85. The molecule has 0 heterocycles. The average molecular weight is 631 g/mol. The van der Waals surface area contributed by atoms with Crippen LogP contribution in [0.2, 0.25) is 0 Å². The standard InChI is InChI=1S/C26H42N6O12/c33-8-1-2-21(35)27-5-3-22(36)29-7-11-42-13-15-44-17-16-43-14-12-41-10-4-23(37)30-19-25(39)32-20-26(40)31-18-24(38)28-6-9-34/h1-2,8-9H,3-7,10-20H2,(H,27,35)(H,28,38)(H,29,36)(H,30,37)(H,31,40)(H,32,39)/b2-1-. The molecule has 0 fully saturated rings. The number of carbonyl (C=O) groups is 8. The lowest BCUT2D eigenvalue weighted by Gasteiger charge is -2.09. The molecule has 0 aromatic carbocycles. The molecular formula is C26H42N6O12. The van der Waals surface area contributed by atoms with Crippen molar-refractivity contribution in [1.82, 2.24) is 31.9 Å². The van der Waals surface area contributed by atoms with Gasteiger partial charge in [-0.1, -0.05) is 0 Å². The molecule has 0 saturated carbocycles. The van der Waals surface area contributed by atoms with Gasteiger partial charge in [-0.2, -0.15) is 0 Å². The summed E-state index contributed by atoms with van der Waals surface area (Å²) in [6, 6.07) is 0. The van der Waals surface area contributed by atoms with E-state index in [0.29, 0.717) is 58.8 Å². The summed E-state index contributed by atoms with van der Waals surface area (Å²) >= 11 is 0. The fourth-order valence-corrected chi connectivity index (χ4v) is 2.73. The monoisotopic (exact) mass is 630 g/mol. The molecule has 0 bridgehead atoms. The Balaban J connectivity index is 3.47. The Morgan fingerprint density at radius 2 is 0.955 bits per heavy atom. The third-order valence-corrected chi connectivity index (χ3v) is 4.86. The van der Waals surface area contributed by atoms with Crippen molar-refractivity contribution in [2.45, 2.75) is 12.8 Å². The van der Waals surface area contributed by atoms with Crippen molar-refractivity contribution in [3.8, 4) is 0 Å². The smallest absolute Gasteiger partial charge is 0.244 e. The maximum absolute atomic E-state index is 11.8. The van der Waals surface area contributed by atoms with E-state index in [1.807, 2.05) is 0 Å². The number of rotatable bonds is 28. The lowest BCUT2D eigenvalue weighted by molar-refractivity contribution is -0.129. The van der Waals surface area contributed by atoms with Crippen LogP contribution in [0.3, 0.4) is 0 Å². The largest absolute Gasteiger partial charge is 0.379 e. The summed E-state index contributed by atoms with van der Waals surface area (Å²) in [5.41, 5.74) is 0. The predicted octanol–water partition coefficient (Wildman–Crippen LogP) is -4.52. The molecule has 0 atom stereocenters. The van der Waals surface area contributed by atoms with Gasteiger partial charge in [0.05, 0.1) is 79.0 Å². The summed E-state index contributed by atoms with van der Waals surface area (Å²) in [7, 11) is 0. The molecule has 0 aromatic heterocycles. The zero-order valence-corrected chi connectivity index (χ0v) is 24.5. The maximum Gasteiger partial charge on any atom is 0.244 e. The number of aldehydes is 2. The highest BCUT2D eigenvalue weighted by Crippen LogP contribution is 1.86. The molecule has 0 saturated heterocycles. The third-order valence-electron chi connectivity index (χ3n) is 4.86. The molecule has 0 aromatic rings. The Bertz CT molecular complexity index is 931. The molecule has 6 N–H and O–H groups in total. The van der Waals surface area contributed by atoms with E-state index in [0.717, 1.165) is 12.2 Å². The molecule has 18 heteroatoms. The SMILES string of the molecule is O=C/C=C\C(=O)NCCC(=O)NCCOCCOCCOCCOCCC(=O)NCC(=O)NCC(=O)NCC(=O)NCC=O. The Kier molecular flexibility index (Phi) is 26.0. The summed E-state index contributed by atoms with van der Waals surface area (Å²) in [5, 5.41) is 14.3. The molecule has 6 amide bonds. The van der Waals surface area contributed by atoms with E-state index in [1.54, 1.807) is 0 Å². The Morgan fingerprint density at radius 1 is 0.477 bits per heavy atom. The van der Waals surface area contributed by atoms with Gasteiger partial charge in [-0.25, -0.2) is 0 Å². The van der Waals surface area contributed by atoms with E-state index in [-0.39, 0.29) is 64.7 Å². The van der Waals surface area contributed by atoms with Gasteiger partial charge in [-0.15, -0.1) is 0 Å². The van der Waals surface area contributed by atoms with E-state index >= 15 is 0 Å². The van der Waals surface area contributed by atoms with Crippen molar-refractivity contribution >= 4 is 48.0 Å². The first-order valence-corrected chi connectivity index (χ1v) is 13.8. The van der Waals surface area contributed by atoms with Crippen LogP contribution < -0.4 is 31.9 Å². The Labute approximate surface area is 254 Å². The minimum absolute atomic E-state index is 0.0237. The van der Waals surface area contributed by atoms with Gasteiger partial charge in [0.1, 0.15) is 12.6 Å². The number of amides is 6. The zero-order chi connectivity index (χ0) is 32.7. The quantitative estimate of drug-likeness (QED) is 0.0272. The minimum atomic E-state index is -0.609. The van der Waals surface area contributed by atoms with Crippen molar-refractivity contribution in [3.63, 3.8) is 0 Å². The molecule has 0 radical (unpaired) electrons. The van der Waals surface area contributed by atoms with Gasteiger partial charge in [-0.05, 0) is 6.08 Å². The van der Waals surface area contributed by atoms with Gasteiger partial charge in [0.15, 0.2) is 0 Å². The molecule has 44 heavy (non-hydrogen) atoms. The van der Waals surface area contributed by atoms with Crippen LogP contribution in [0.1, 0.15) is 12.8 Å². The van der Waals surface area contributed by atoms with Crippen molar-refractivity contribution in [2.75, 3.05) is 92.1 Å². The lowest BCUT2D eigenvalue weighted by Crippen LogP contribution is -2.44. The summed E-state index contributed by atoms with van der Waals surface area (Å²) in [4.78, 5) is 89.4. The topological polar surface area (TPSA) is 246 Å². The van der Waals surface area contributed by atoms with Crippen LogP contribution >= 0.6 is 0 Å². The normalized spacial score (nSPS) is 10.5. The van der Waals surface area contributed by atoms with Crippen LogP contribution in [0.4, 0.5) is 0 Å². The first kappa shape index (κ1) is 39.7. The summed E-state index contributed by atoms with van der Waals surface area (Å²) in [6.07, 6.45) is 3.25. The summed E-state index contributed by atoms with van der Waals surface area (Å²) in [6.45, 7) is 1.59. The minimum Gasteiger partial charge on any atom is -0.379 e. The van der Waals surface area contributed by atoms with Crippen LogP contribution in [0, 0.1) is 0 Å². The highest BCUT2D eigenvalue weighted by molar-refractivity contribution is 5.91. The van der Waals surface area contributed by atoms with Gasteiger partial charge in [0, 0.05) is 32.0 Å². The lowest BCUT2D eigenvalue weighted by atomic mass is 10.4. The predicted molar refractivity (Wildman–Crippen MR) is 152 cm³/mol. The molecule has 18 nitrogen and oxygen atoms in total. The molecule has 0 aliphatic rings. The van der Waals surface area contributed by atoms with Gasteiger partial charge in [0.2, 0.25) is 35.4 Å². The second-order valence-electron chi connectivity index (χ2n) is 8.39. The number of allylic oxidation sites excluding steroid dienone is 1. The summed E-state index contributed by atoms with van der Waals surface area (Å²) < 4.78 is 21.3. The molecular weight excluding hydrogens is 588 g/mol. The first-order chi connectivity index (χ1) is 21.3. The van der Waals surface area contributed by atoms with Gasteiger partial charge in [0.25, 0.3) is 0 Å². The molecule has 0 aliphatic carbocycles. The first-order valence-electron chi connectivity index (χ1n) is 13.8. The molecule has 248 valence electrons. The Morgan fingerprint density at radius 3 is 1.50 bits per heavy atom. The van der Waals surface area contributed by atoms with Gasteiger partial charge in [-0.3, -0.25) is 33.6 Å². The second kappa shape index (κ2) is 28.8. The van der Waals surface area contributed by atoms with Crippen LogP contribution in [0.5, 0.6) is 0 Å². The zero-order valence-electron chi connectivity index (χ0n) is 24.5. The fraction of sp³-hybridized carbons (Fsp3) is 0.615. The maximum atomic E-state index is 11.8. The van der Waals surface area contributed by atoms with Crippen LogP contribution in [0.15, 0.2) is 12.2 Å². The second-order valence-corrected chi connectivity index (χ2v) is 8.39. The Hall–Kier alpha value is -4.26. The van der Waals surface area contributed by atoms with E-state index in [1.165, 1.54) is 0 Å². The van der Waals surface area contributed by atoms with E-state index in [2.05, 4.69) is 31.9 Å². The van der Waals surface area contributed by atoms with Gasteiger partial charge < -0.3 is 55.6 Å². The van der Waals surface area contributed by atoms with Crippen molar-refractivity contribution in [2.24, 2.45) is 0 Å². The van der Waals surface area contributed by atoms with Crippen molar-refractivity contribution in [1.29, 1.82) is 0 Å². The number of hydrogen-bond donors (Lipinski definition) is 6.